The Hall–Kier alpha value is -3.42. The summed E-state index contributed by atoms with van der Waals surface area (Å²) in [5, 5.41) is 3.52. The van der Waals surface area contributed by atoms with Crippen molar-refractivity contribution in [2.75, 3.05) is 41.4 Å². The van der Waals surface area contributed by atoms with Crippen molar-refractivity contribution < 1.29 is 4.74 Å². The number of rotatable bonds is 4. The summed E-state index contributed by atoms with van der Waals surface area (Å²) < 4.78 is 5.78. The molecule has 0 spiro atoms. The predicted molar refractivity (Wildman–Crippen MR) is 117 cm³/mol. The number of aryl methyl sites for hydroxylation is 1. The summed E-state index contributed by atoms with van der Waals surface area (Å²) >= 11 is 0. The first kappa shape index (κ1) is 18.6. The van der Waals surface area contributed by atoms with E-state index in [1.54, 1.807) is 12.5 Å². The zero-order valence-corrected chi connectivity index (χ0v) is 17.0. The molecule has 1 saturated heterocycles. The molecule has 8 heteroatoms. The molecule has 0 bridgehead atoms. The fraction of sp³-hybridized carbons (Fsp3) is 0.364. The number of hydrogen-bond acceptors (Lipinski definition) is 8. The van der Waals surface area contributed by atoms with Crippen molar-refractivity contribution in [2.45, 2.75) is 25.8 Å². The van der Waals surface area contributed by atoms with Crippen molar-refractivity contribution >= 4 is 23.3 Å². The molecule has 3 aromatic rings. The van der Waals surface area contributed by atoms with Crippen LogP contribution in [-0.2, 0) is 0 Å². The smallest absolute Gasteiger partial charge is 0.225 e. The SMILES string of the molecule is Cc1cc(N2CCC(Nc3ncc4c(n3)N(c3ccccc3)CCO4)CC2)ncn1. The van der Waals surface area contributed by atoms with Gasteiger partial charge in [-0.15, -0.1) is 0 Å². The molecule has 8 nitrogen and oxygen atoms in total. The maximum absolute atomic E-state index is 5.78. The van der Waals surface area contributed by atoms with Gasteiger partial charge in [-0.1, -0.05) is 18.2 Å². The van der Waals surface area contributed by atoms with E-state index in [1.807, 2.05) is 31.2 Å². The Morgan fingerprint density at radius 3 is 2.67 bits per heavy atom. The lowest BCUT2D eigenvalue weighted by Gasteiger charge is -2.34. The maximum Gasteiger partial charge on any atom is 0.225 e. The van der Waals surface area contributed by atoms with Crippen LogP contribution in [0.15, 0.2) is 48.9 Å². The summed E-state index contributed by atoms with van der Waals surface area (Å²) in [5.74, 6) is 3.20. The molecular weight excluding hydrogens is 378 g/mol. The van der Waals surface area contributed by atoms with Gasteiger partial charge in [0.15, 0.2) is 11.6 Å². The third-order valence-electron chi connectivity index (χ3n) is 5.57. The number of nitrogens with one attached hydrogen (secondary N) is 1. The van der Waals surface area contributed by atoms with Gasteiger partial charge in [0.1, 0.15) is 18.8 Å². The van der Waals surface area contributed by atoms with Gasteiger partial charge in [0.25, 0.3) is 0 Å². The van der Waals surface area contributed by atoms with E-state index in [4.69, 9.17) is 9.72 Å². The third kappa shape index (κ3) is 3.85. The number of fused-ring (bicyclic) bond motifs is 1. The first-order valence-electron chi connectivity index (χ1n) is 10.4. The maximum atomic E-state index is 5.78. The lowest BCUT2D eigenvalue weighted by Crippen LogP contribution is -2.40. The van der Waals surface area contributed by atoms with Gasteiger partial charge in [0, 0.05) is 36.6 Å². The molecule has 0 aliphatic carbocycles. The Morgan fingerprint density at radius 2 is 1.87 bits per heavy atom. The monoisotopic (exact) mass is 403 g/mol. The number of benzene rings is 1. The number of ether oxygens (including phenoxy) is 1. The highest BCUT2D eigenvalue weighted by molar-refractivity contribution is 5.67. The molecule has 5 rings (SSSR count). The summed E-state index contributed by atoms with van der Waals surface area (Å²) in [5.41, 5.74) is 2.10. The molecule has 154 valence electrons. The number of anilines is 4. The summed E-state index contributed by atoms with van der Waals surface area (Å²) in [6.45, 7) is 5.27. The third-order valence-corrected chi connectivity index (χ3v) is 5.57. The number of piperidine rings is 1. The van der Waals surface area contributed by atoms with E-state index in [0.717, 1.165) is 61.2 Å². The molecule has 2 aromatic heterocycles. The predicted octanol–water partition coefficient (Wildman–Crippen LogP) is 3.19. The van der Waals surface area contributed by atoms with Crippen LogP contribution < -0.4 is 19.9 Å². The highest BCUT2D eigenvalue weighted by Crippen LogP contribution is 2.35. The summed E-state index contributed by atoms with van der Waals surface area (Å²) in [6, 6.07) is 12.7. The summed E-state index contributed by atoms with van der Waals surface area (Å²) in [4.78, 5) is 22.4. The van der Waals surface area contributed by atoms with E-state index in [2.05, 4.69) is 42.2 Å². The summed E-state index contributed by atoms with van der Waals surface area (Å²) in [7, 11) is 0. The van der Waals surface area contributed by atoms with Crippen molar-refractivity contribution in [3.63, 3.8) is 0 Å². The fourth-order valence-corrected chi connectivity index (χ4v) is 3.99. The molecule has 2 aliphatic rings. The Bertz CT molecular complexity index is 1010. The molecule has 0 saturated carbocycles. The van der Waals surface area contributed by atoms with E-state index >= 15 is 0 Å². The zero-order chi connectivity index (χ0) is 20.3. The van der Waals surface area contributed by atoms with Crippen LogP contribution in [0.2, 0.25) is 0 Å². The normalized spacial score (nSPS) is 16.7. The summed E-state index contributed by atoms with van der Waals surface area (Å²) in [6.07, 6.45) is 5.42. The van der Waals surface area contributed by atoms with E-state index in [9.17, 15) is 0 Å². The Kier molecular flexibility index (Phi) is 5.04. The lowest BCUT2D eigenvalue weighted by molar-refractivity contribution is 0.310. The lowest BCUT2D eigenvalue weighted by atomic mass is 10.1. The first-order valence-corrected chi connectivity index (χ1v) is 10.4. The molecule has 4 heterocycles. The Morgan fingerprint density at radius 1 is 1.03 bits per heavy atom. The molecule has 0 radical (unpaired) electrons. The van der Waals surface area contributed by atoms with Gasteiger partial charge in [-0.2, -0.15) is 4.98 Å². The molecule has 1 aromatic carbocycles. The van der Waals surface area contributed by atoms with E-state index in [0.29, 0.717) is 18.6 Å². The minimum Gasteiger partial charge on any atom is -0.486 e. The van der Waals surface area contributed by atoms with Crippen molar-refractivity contribution in [1.29, 1.82) is 0 Å². The fourth-order valence-electron chi connectivity index (χ4n) is 3.99. The second-order valence-corrected chi connectivity index (χ2v) is 7.64. The molecule has 0 unspecified atom stereocenters. The van der Waals surface area contributed by atoms with Gasteiger partial charge in [-0.3, -0.25) is 0 Å². The van der Waals surface area contributed by atoms with Crippen LogP contribution in [0.1, 0.15) is 18.5 Å². The average molecular weight is 403 g/mol. The Labute approximate surface area is 176 Å². The molecule has 1 fully saturated rings. The van der Waals surface area contributed by atoms with Crippen molar-refractivity contribution in [2.24, 2.45) is 0 Å². The highest BCUT2D eigenvalue weighted by atomic mass is 16.5. The van der Waals surface area contributed by atoms with Crippen molar-refractivity contribution in [1.82, 2.24) is 19.9 Å². The van der Waals surface area contributed by atoms with Gasteiger partial charge in [0.2, 0.25) is 5.95 Å². The molecule has 0 atom stereocenters. The Balaban J connectivity index is 1.27. The second kappa shape index (κ2) is 8.14. The van der Waals surface area contributed by atoms with Crippen LogP contribution in [-0.4, -0.2) is 52.2 Å². The first-order chi connectivity index (χ1) is 14.8. The molecular formula is C22H25N7O. The second-order valence-electron chi connectivity index (χ2n) is 7.64. The number of aromatic nitrogens is 4. The van der Waals surface area contributed by atoms with E-state index in [1.165, 1.54) is 0 Å². The number of hydrogen-bond donors (Lipinski definition) is 1. The molecule has 0 amide bonds. The van der Waals surface area contributed by atoms with Gasteiger partial charge in [-0.25, -0.2) is 15.0 Å². The molecule has 2 aliphatic heterocycles. The van der Waals surface area contributed by atoms with Gasteiger partial charge in [-0.05, 0) is 31.9 Å². The van der Waals surface area contributed by atoms with Gasteiger partial charge in [0.05, 0.1) is 12.7 Å². The van der Waals surface area contributed by atoms with Crippen LogP contribution in [0.4, 0.5) is 23.3 Å². The molecule has 30 heavy (non-hydrogen) atoms. The minimum atomic E-state index is 0.330. The van der Waals surface area contributed by atoms with Crippen molar-refractivity contribution in [3.8, 4) is 5.75 Å². The molecule has 1 N–H and O–H groups in total. The number of nitrogens with zero attached hydrogens (tertiary/aromatic N) is 6. The van der Waals surface area contributed by atoms with Crippen LogP contribution >= 0.6 is 0 Å². The quantitative estimate of drug-likeness (QED) is 0.712. The number of para-hydroxylation sites is 1. The van der Waals surface area contributed by atoms with Gasteiger partial charge < -0.3 is 19.9 Å². The average Bonchev–Trinajstić information content (AvgIpc) is 2.80. The highest BCUT2D eigenvalue weighted by Gasteiger charge is 2.24. The largest absolute Gasteiger partial charge is 0.486 e. The minimum absolute atomic E-state index is 0.330. The van der Waals surface area contributed by atoms with Crippen LogP contribution in [0, 0.1) is 6.92 Å². The van der Waals surface area contributed by atoms with Crippen molar-refractivity contribution in [3.05, 3.63) is 54.6 Å². The van der Waals surface area contributed by atoms with Gasteiger partial charge >= 0.3 is 0 Å². The van der Waals surface area contributed by atoms with Crippen LogP contribution in [0.5, 0.6) is 5.75 Å². The topological polar surface area (TPSA) is 79.3 Å². The van der Waals surface area contributed by atoms with Crippen LogP contribution in [0.25, 0.3) is 0 Å². The van der Waals surface area contributed by atoms with E-state index < -0.39 is 0 Å². The standard InChI is InChI=1S/C22H25N7O/c1-16-13-20(25-15-24-16)28-9-7-17(8-10-28)26-22-23-14-19-21(27-22)29(11-12-30-19)18-5-3-2-4-6-18/h2-6,13-15,17H,7-12H2,1H3,(H,23,26,27). The zero-order valence-electron chi connectivity index (χ0n) is 17.0. The van der Waals surface area contributed by atoms with E-state index in [-0.39, 0.29) is 0 Å². The van der Waals surface area contributed by atoms with Crippen LogP contribution in [0.3, 0.4) is 0 Å².